The van der Waals surface area contributed by atoms with E-state index >= 15 is 0 Å². The number of carboxylic acid groups (broad SMARTS) is 1. The maximum atomic E-state index is 10.6. The Balaban J connectivity index is 0.000000980. The van der Waals surface area contributed by atoms with Gasteiger partial charge in [0.1, 0.15) is 5.82 Å². The predicted molar refractivity (Wildman–Crippen MR) is 60.0 cm³/mol. The molecule has 15 heavy (non-hydrogen) atoms. The van der Waals surface area contributed by atoms with Gasteiger partial charge in [-0.3, -0.25) is 4.90 Å². The summed E-state index contributed by atoms with van der Waals surface area (Å²) in [4.78, 5) is 16.8. The van der Waals surface area contributed by atoms with Crippen molar-refractivity contribution in [2.24, 2.45) is 0 Å². The second kappa shape index (κ2) is 5.34. The summed E-state index contributed by atoms with van der Waals surface area (Å²) in [5.41, 5.74) is 0.144. The number of fused-ring (bicyclic) bond motifs is 1. The number of rotatable bonds is 1. The van der Waals surface area contributed by atoms with Crippen LogP contribution in [-0.2, 0) is 13.1 Å². The first-order valence-corrected chi connectivity index (χ1v) is 4.14. The van der Waals surface area contributed by atoms with Crippen LogP contribution < -0.4 is 0 Å². The Labute approximate surface area is 99.9 Å². The fourth-order valence-corrected chi connectivity index (χ4v) is 1.48. The van der Waals surface area contributed by atoms with E-state index in [0.717, 1.165) is 25.5 Å². The van der Waals surface area contributed by atoms with Crippen molar-refractivity contribution < 1.29 is 9.90 Å². The van der Waals surface area contributed by atoms with Gasteiger partial charge in [0.2, 0.25) is 0 Å². The van der Waals surface area contributed by atoms with Crippen molar-refractivity contribution in [3.8, 4) is 0 Å². The average Bonchev–Trinajstić information content (AvgIpc) is 2.46. The number of aromatic carboxylic acids is 1. The Kier molecular flexibility index (Phi) is 5.07. The van der Waals surface area contributed by atoms with E-state index < -0.39 is 5.97 Å². The largest absolute Gasteiger partial charge is 0.476 e. The maximum Gasteiger partial charge on any atom is 0.356 e. The van der Waals surface area contributed by atoms with Gasteiger partial charge in [0, 0.05) is 19.3 Å². The van der Waals surface area contributed by atoms with Crippen LogP contribution in [0.25, 0.3) is 0 Å². The monoisotopic (exact) mass is 253 g/mol. The highest BCUT2D eigenvalue weighted by Crippen LogP contribution is 2.10. The van der Waals surface area contributed by atoms with E-state index in [1.54, 1.807) is 6.20 Å². The van der Waals surface area contributed by atoms with Gasteiger partial charge >= 0.3 is 5.97 Å². The van der Waals surface area contributed by atoms with Gasteiger partial charge < -0.3 is 9.67 Å². The van der Waals surface area contributed by atoms with E-state index in [-0.39, 0.29) is 30.5 Å². The van der Waals surface area contributed by atoms with E-state index in [1.165, 1.54) is 0 Å². The molecule has 0 radical (unpaired) electrons. The van der Waals surface area contributed by atoms with Crippen LogP contribution in [0.15, 0.2) is 6.20 Å². The topological polar surface area (TPSA) is 58.4 Å². The van der Waals surface area contributed by atoms with E-state index in [1.807, 2.05) is 11.6 Å². The molecule has 7 heteroatoms. The molecule has 2 heterocycles. The van der Waals surface area contributed by atoms with E-state index in [4.69, 9.17) is 5.11 Å². The molecule has 1 N–H and O–H groups in total. The molecule has 0 aliphatic carbocycles. The molecule has 0 fully saturated rings. The molecule has 1 aromatic heterocycles. The number of imidazole rings is 1. The Hall–Kier alpha value is -0.780. The van der Waals surface area contributed by atoms with Crippen molar-refractivity contribution >= 4 is 30.8 Å². The van der Waals surface area contributed by atoms with E-state index in [9.17, 15) is 4.79 Å². The summed E-state index contributed by atoms with van der Waals surface area (Å²) >= 11 is 0. The summed E-state index contributed by atoms with van der Waals surface area (Å²) in [5, 5.41) is 8.71. The fourth-order valence-electron chi connectivity index (χ4n) is 1.48. The summed E-state index contributed by atoms with van der Waals surface area (Å²) in [5.74, 6) is -0.115. The van der Waals surface area contributed by atoms with Crippen LogP contribution in [0, 0.1) is 0 Å². The van der Waals surface area contributed by atoms with Crippen LogP contribution in [0.5, 0.6) is 0 Å². The zero-order chi connectivity index (χ0) is 9.42. The molecule has 0 bridgehead atoms. The zero-order valence-corrected chi connectivity index (χ0v) is 9.85. The average molecular weight is 254 g/mol. The molecule has 5 nitrogen and oxygen atoms in total. The number of likely N-dealkylation sites (N-methyl/N-ethyl adjacent to an activating group) is 1. The highest BCUT2D eigenvalue weighted by molar-refractivity contribution is 5.85. The lowest BCUT2D eigenvalue weighted by molar-refractivity contribution is 0.0691. The van der Waals surface area contributed by atoms with E-state index in [2.05, 4.69) is 9.88 Å². The van der Waals surface area contributed by atoms with Crippen molar-refractivity contribution in [2.75, 3.05) is 13.6 Å². The molecule has 0 atom stereocenters. The van der Waals surface area contributed by atoms with Gasteiger partial charge in [-0.2, -0.15) is 0 Å². The fraction of sp³-hybridized carbons (Fsp3) is 0.500. The molecule has 0 saturated heterocycles. The zero-order valence-electron chi connectivity index (χ0n) is 8.21. The number of hydrogen-bond donors (Lipinski definition) is 1. The van der Waals surface area contributed by atoms with Crippen LogP contribution in [0.3, 0.4) is 0 Å². The normalized spacial score (nSPS) is 14.7. The standard InChI is InChI=1S/C8H11N3O2.2ClH/c1-10-2-3-11-4-6(8(12)13)9-7(11)5-10;;/h4H,2-3,5H2,1H3,(H,12,13);2*1H. The molecule has 0 amide bonds. The molecule has 1 aromatic rings. The third kappa shape index (κ3) is 2.84. The smallest absolute Gasteiger partial charge is 0.356 e. The van der Waals surface area contributed by atoms with Crippen molar-refractivity contribution in [1.82, 2.24) is 14.5 Å². The summed E-state index contributed by atoms with van der Waals surface area (Å²) in [7, 11) is 2.00. The lowest BCUT2D eigenvalue weighted by Gasteiger charge is -2.22. The number of nitrogens with zero attached hydrogens (tertiary/aromatic N) is 3. The number of hydrogen-bond acceptors (Lipinski definition) is 3. The summed E-state index contributed by atoms with van der Waals surface area (Å²) < 4.78 is 1.91. The summed E-state index contributed by atoms with van der Waals surface area (Å²) in [6.07, 6.45) is 1.60. The van der Waals surface area contributed by atoms with Crippen LogP contribution in [0.1, 0.15) is 16.3 Å². The van der Waals surface area contributed by atoms with Crippen molar-refractivity contribution in [3.05, 3.63) is 17.7 Å². The molecule has 86 valence electrons. The number of carboxylic acids is 1. The van der Waals surface area contributed by atoms with Gasteiger partial charge in [0.05, 0.1) is 6.54 Å². The summed E-state index contributed by atoms with van der Waals surface area (Å²) in [6.45, 7) is 2.50. The SMILES string of the molecule is CN1CCn2cc(C(=O)O)nc2C1.Cl.Cl. The Morgan fingerprint density at radius 2 is 2.13 bits per heavy atom. The molecule has 1 aliphatic rings. The molecular weight excluding hydrogens is 241 g/mol. The van der Waals surface area contributed by atoms with Gasteiger partial charge in [0.15, 0.2) is 5.69 Å². The molecule has 1 aliphatic heterocycles. The molecular formula is C8H13Cl2N3O2. The Morgan fingerprint density at radius 1 is 1.47 bits per heavy atom. The summed E-state index contributed by atoms with van der Waals surface area (Å²) in [6, 6.07) is 0. The Bertz CT molecular complexity index is 354. The Morgan fingerprint density at radius 3 is 2.73 bits per heavy atom. The number of aromatic nitrogens is 2. The lowest BCUT2D eigenvalue weighted by Crippen LogP contribution is -2.30. The second-order valence-electron chi connectivity index (χ2n) is 3.28. The van der Waals surface area contributed by atoms with E-state index in [0.29, 0.717) is 0 Å². The molecule has 0 unspecified atom stereocenters. The van der Waals surface area contributed by atoms with Crippen LogP contribution >= 0.6 is 24.8 Å². The van der Waals surface area contributed by atoms with Crippen molar-refractivity contribution in [1.29, 1.82) is 0 Å². The van der Waals surface area contributed by atoms with Crippen LogP contribution in [0.4, 0.5) is 0 Å². The third-order valence-electron chi connectivity index (χ3n) is 2.21. The molecule has 2 rings (SSSR count). The van der Waals surface area contributed by atoms with Gasteiger partial charge in [-0.15, -0.1) is 24.8 Å². The van der Waals surface area contributed by atoms with Crippen molar-refractivity contribution in [2.45, 2.75) is 13.1 Å². The molecule has 0 spiro atoms. The minimum atomic E-state index is -0.954. The quantitative estimate of drug-likeness (QED) is 0.807. The second-order valence-corrected chi connectivity index (χ2v) is 3.28. The number of carbonyl (C=O) groups is 1. The highest BCUT2D eigenvalue weighted by Gasteiger charge is 2.17. The maximum absolute atomic E-state index is 10.6. The minimum Gasteiger partial charge on any atom is -0.476 e. The van der Waals surface area contributed by atoms with Gasteiger partial charge in [-0.25, -0.2) is 9.78 Å². The highest BCUT2D eigenvalue weighted by atomic mass is 35.5. The molecule has 0 saturated carbocycles. The lowest BCUT2D eigenvalue weighted by atomic mass is 10.4. The predicted octanol–water partition coefficient (Wildman–Crippen LogP) is 0.870. The number of halogens is 2. The first-order chi connectivity index (χ1) is 6.16. The first kappa shape index (κ1) is 14.2. The van der Waals surface area contributed by atoms with Gasteiger partial charge in [0.25, 0.3) is 0 Å². The van der Waals surface area contributed by atoms with Gasteiger partial charge in [-0.05, 0) is 7.05 Å². The van der Waals surface area contributed by atoms with Crippen LogP contribution in [-0.4, -0.2) is 39.1 Å². The minimum absolute atomic E-state index is 0. The van der Waals surface area contributed by atoms with Crippen molar-refractivity contribution in [3.63, 3.8) is 0 Å². The first-order valence-electron chi connectivity index (χ1n) is 4.14. The third-order valence-corrected chi connectivity index (χ3v) is 2.21. The van der Waals surface area contributed by atoms with Gasteiger partial charge in [-0.1, -0.05) is 0 Å². The van der Waals surface area contributed by atoms with Crippen LogP contribution in [0.2, 0.25) is 0 Å². The molecule has 0 aromatic carbocycles.